The lowest BCUT2D eigenvalue weighted by atomic mass is 10.2. The number of anilines is 2. The van der Waals surface area contributed by atoms with Crippen LogP contribution in [0.4, 0.5) is 11.4 Å². The zero-order chi connectivity index (χ0) is 19.9. The third-order valence-electron chi connectivity index (χ3n) is 4.21. The van der Waals surface area contributed by atoms with Crippen molar-refractivity contribution in [2.24, 2.45) is 0 Å². The maximum atomic E-state index is 12.7. The number of hydrogen-bond donors (Lipinski definition) is 1. The molecular formula is C20H26Cl2N2O2S. The van der Waals surface area contributed by atoms with Gasteiger partial charge in [-0.1, -0.05) is 68.1 Å². The molecule has 0 heterocycles. The predicted molar refractivity (Wildman–Crippen MR) is 116 cm³/mol. The lowest BCUT2D eigenvalue weighted by Crippen LogP contribution is -2.26. The van der Waals surface area contributed by atoms with E-state index in [-0.39, 0.29) is 4.90 Å². The van der Waals surface area contributed by atoms with Crippen LogP contribution in [0.3, 0.4) is 0 Å². The van der Waals surface area contributed by atoms with Crippen LogP contribution < -0.4 is 9.62 Å². The third kappa shape index (κ3) is 6.03. The van der Waals surface area contributed by atoms with Gasteiger partial charge in [0.2, 0.25) is 0 Å². The average molecular weight is 429 g/mol. The maximum Gasteiger partial charge on any atom is 0.261 e. The number of halogens is 2. The maximum absolute atomic E-state index is 12.7. The molecule has 0 atom stereocenters. The molecule has 2 aromatic carbocycles. The van der Waals surface area contributed by atoms with E-state index >= 15 is 0 Å². The molecule has 4 nitrogen and oxygen atoms in total. The second kappa shape index (κ2) is 10.2. The number of para-hydroxylation sites is 1. The number of nitrogens with one attached hydrogen (secondary N) is 1. The number of nitrogens with zero attached hydrogens (tertiary/aromatic N) is 1. The predicted octanol–water partition coefficient (Wildman–Crippen LogP) is 6.20. The van der Waals surface area contributed by atoms with Crippen molar-refractivity contribution in [2.75, 3.05) is 22.7 Å². The monoisotopic (exact) mass is 428 g/mol. The smallest absolute Gasteiger partial charge is 0.261 e. The van der Waals surface area contributed by atoms with Crippen LogP contribution in [-0.4, -0.2) is 21.5 Å². The second-order valence-corrected chi connectivity index (χ2v) is 8.90. The SMILES string of the molecule is CCCCN(CCCC)c1c(Cl)cc(S(=O)(=O)Nc2ccccc2)cc1Cl. The van der Waals surface area contributed by atoms with Crippen LogP contribution in [-0.2, 0) is 10.0 Å². The van der Waals surface area contributed by atoms with Gasteiger partial charge in [0, 0.05) is 18.8 Å². The van der Waals surface area contributed by atoms with Crippen molar-refractivity contribution in [3.63, 3.8) is 0 Å². The largest absolute Gasteiger partial charge is 0.369 e. The van der Waals surface area contributed by atoms with Crippen molar-refractivity contribution >= 4 is 44.6 Å². The van der Waals surface area contributed by atoms with E-state index in [9.17, 15) is 8.42 Å². The summed E-state index contributed by atoms with van der Waals surface area (Å²) in [4.78, 5) is 2.20. The molecule has 0 aliphatic carbocycles. The van der Waals surface area contributed by atoms with Gasteiger partial charge in [0.1, 0.15) is 0 Å². The summed E-state index contributed by atoms with van der Waals surface area (Å²) in [5.41, 5.74) is 1.19. The van der Waals surface area contributed by atoms with Crippen molar-refractivity contribution in [2.45, 2.75) is 44.4 Å². The topological polar surface area (TPSA) is 49.4 Å². The van der Waals surface area contributed by atoms with Gasteiger partial charge >= 0.3 is 0 Å². The van der Waals surface area contributed by atoms with Gasteiger partial charge in [-0.3, -0.25) is 4.72 Å². The fraction of sp³-hybridized carbons (Fsp3) is 0.400. The zero-order valence-corrected chi connectivity index (χ0v) is 18.0. The van der Waals surface area contributed by atoms with E-state index < -0.39 is 10.0 Å². The summed E-state index contributed by atoms with van der Waals surface area (Å²) in [5.74, 6) is 0. The first kappa shape index (κ1) is 21.9. The Morgan fingerprint density at radius 3 is 1.93 bits per heavy atom. The fourth-order valence-corrected chi connectivity index (χ4v) is 4.72. The Bertz CT molecular complexity index is 811. The Morgan fingerprint density at radius 1 is 0.926 bits per heavy atom. The Hall–Kier alpha value is -1.43. The number of benzene rings is 2. The molecule has 0 unspecified atom stereocenters. The van der Waals surface area contributed by atoms with Crippen LogP contribution >= 0.6 is 23.2 Å². The number of hydrogen-bond acceptors (Lipinski definition) is 3. The summed E-state index contributed by atoms with van der Waals surface area (Å²) < 4.78 is 27.9. The van der Waals surface area contributed by atoms with Gasteiger partial charge in [0.25, 0.3) is 10.0 Å². The van der Waals surface area contributed by atoms with E-state index in [0.717, 1.165) is 38.8 Å². The van der Waals surface area contributed by atoms with Crippen LogP contribution in [0, 0.1) is 0 Å². The molecule has 2 rings (SSSR count). The molecule has 1 N–H and O–H groups in total. The Kier molecular flexibility index (Phi) is 8.27. The first-order valence-corrected chi connectivity index (χ1v) is 11.4. The van der Waals surface area contributed by atoms with E-state index in [2.05, 4.69) is 23.5 Å². The quantitative estimate of drug-likeness (QED) is 0.489. The summed E-state index contributed by atoms with van der Waals surface area (Å²) in [5, 5.41) is 0.700. The van der Waals surface area contributed by atoms with Crippen molar-refractivity contribution in [3.8, 4) is 0 Å². The Morgan fingerprint density at radius 2 is 1.44 bits per heavy atom. The van der Waals surface area contributed by atoms with Crippen molar-refractivity contribution in [1.29, 1.82) is 0 Å². The molecule has 0 amide bonds. The Balaban J connectivity index is 2.34. The number of sulfonamides is 1. The molecule has 0 saturated carbocycles. The number of rotatable bonds is 10. The standard InChI is InChI=1S/C20H26Cl2N2O2S/c1-3-5-12-24(13-6-4-2)20-18(21)14-17(15-19(20)22)27(25,26)23-16-10-8-7-9-11-16/h7-11,14-15,23H,3-6,12-13H2,1-2H3. The summed E-state index contributed by atoms with van der Waals surface area (Å²) in [6.07, 6.45) is 4.16. The van der Waals surface area contributed by atoms with E-state index in [4.69, 9.17) is 23.2 Å². The minimum Gasteiger partial charge on any atom is -0.369 e. The van der Waals surface area contributed by atoms with E-state index in [1.54, 1.807) is 24.3 Å². The highest BCUT2D eigenvalue weighted by Gasteiger charge is 2.21. The highest BCUT2D eigenvalue weighted by molar-refractivity contribution is 7.92. The highest BCUT2D eigenvalue weighted by Crippen LogP contribution is 2.37. The van der Waals surface area contributed by atoms with Crippen molar-refractivity contribution in [3.05, 3.63) is 52.5 Å². The number of unbranched alkanes of at least 4 members (excludes halogenated alkanes) is 2. The lowest BCUT2D eigenvalue weighted by molar-refractivity contribution is 0.601. The van der Waals surface area contributed by atoms with Gasteiger partial charge in [-0.15, -0.1) is 0 Å². The fourth-order valence-electron chi connectivity index (χ4n) is 2.75. The molecule has 0 aliphatic rings. The summed E-state index contributed by atoms with van der Waals surface area (Å²) in [6.45, 7) is 5.94. The molecule has 7 heteroatoms. The molecular weight excluding hydrogens is 403 g/mol. The molecule has 0 spiro atoms. The highest BCUT2D eigenvalue weighted by atomic mass is 35.5. The molecule has 0 bridgehead atoms. The molecule has 0 fully saturated rings. The van der Waals surface area contributed by atoms with E-state index in [1.165, 1.54) is 12.1 Å². The zero-order valence-electron chi connectivity index (χ0n) is 15.7. The van der Waals surface area contributed by atoms with Crippen LogP contribution in [0.15, 0.2) is 47.4 Å². The van der Waals surface area contributed by atoms with Gasteiger partial charge in [0.05, 0.1) is 20.6 Å². The van der Waals surface area contributed by atoms with Crippen LogP contribution in [0.5, 0.6) is 0 Å². The summed E-state index contributed by atoms with van der Waals surface area (Å²) in [7, 11) is -3.77. The van der Waals surface area contributed by atoms with Gasteiger partial charge < -0.3 is 4.90 Å². The lowest BCUT2D eigenvalue weighted by Gasteiger charge is -2.27. The van der Waals surface area contributed by atoms with Crippen LogP contribution in [0.25, 0.3) is 0 Å². The molecule has 0 aromatic heterocycles. The van der Waals surface area contributed by atoms with E-state index in [0.29, 0.717) is 21.4 Å². The van der Waals surface area contributed by atoms with Crippen molar-refractivity contribution < 1.29 is 8.42 Å². The van der Waals surface area contributed by atoms with Gasteiger partial charge in [-0.25, -0.2) is 8.42 Å². The first-order valence-electron chi connectivity index (χ1n) is 9.21. The minimum absolute atomic E-state index is 0.0519. The van der Waals surface area contributed by atoms with Crippen LogP contribution in [0.1, 0.15) is 39.5 Å². The average Bonchev–Trinajstić information content (AvgIpc) is 2.63. The van der Waals surface area contributed by atoms with Gasteiger partial charge in [-0.05, 0) is 37.1 Å². The van der Waals surface area contributed by atoms with Crippen LogP contribution in [0.2, 0.25) is 10.0 Å². The van der Waals surface area contributed by atoms with Gasteiger partial charge in [-0.2, -0.15) is 0 Å². The second-order valence-electron chi connectivity index (χ2n) is 6.40. The molecule has 2 aromatic rings. The molecule has 148 valence electrons. The Labute approximate surface area is 172 Å². The summed E-state index contributed by atoms with van der Waals surface area (Å²) >= 11 is 13.0. The van der Waals surface area contributed by atoms with E-state index in [1.807, 2.05) is 6.07 Å². The van der Waals surface area contributed by atoms with Crippen molar-refractivity contribution in [1.82, 2.24) is 0 Å². The minimum atomic E-state index is -3.77. The molecule has 0 radical (unpaired) electrons. The molecule has 0 saturated heterocycles. The first-order chi connectivity index (χ1) is 12.9. The molecule has 27 heavy (non-hydrogen) atoms. The summed E-state index contributed by atoms with van der Waals surface area (Å²) in [6, 6.07) is 11.7. The normalized spacial score (nSPS) is 11.4. The molecule has 0 aliphatic heterocycles. The van der Waals surface area contributed by atoms with Gasteiger partial charge in [0.15, 0.2) is 0 Å². The third-order valence-corrected chi connectivity index (χ3v) is 6.14.